The van der Waals surface area contributed by atoms with Gasteiger partial charge >= 0.3 is 0 Å². The summed E-state index contributed by atoms with van der Waals surface area (Å²) >= 11 is 0. The summed E-state index contributed by atoms with van der Waals surface area (Å²) in [7, 11) is 0. The zero-order valence-electron chi connectivity index (χ0n) is 16.1. The highest BCUT2D eigenvalue weighted by Gasteiger charge is 2.16. The Morgan fingerprint density at radius 3 is 2.78 bits per heavy atom. The predicted molar refractivity (Wildman–Crippen MR) is 107 cm³/mol. The topological polar surface area (TPSA) is 63.8 Å². The molecule has 5 nitrogen and oxygen atoms in total. The van der Waals surface area contributed by atoms with E-state index in [0.717, 1.165) is 39.8 Å². The lowest BCUT2D eigenvalue weighted by molar-refractivity contribution is -0.127. The molecule has 0 fully saturated rings. The third-order valence-corrected chi connectivity index (χ3v) is 4.63. The van der Waals surface area contributed by atoms with Crippen molar-refractivity contribution < 1.29 is 13.9 Å². The van der Waals surface area contributed by atoms with Crippen LogP contribution in [0.3, 0.4) is 0 Å². The molecule has 0 spiro atoms. The van der Waals surface area contributed by atoms with Crippen LogP contribution in [-0.4, -0.2) is 18.2 Å². The summed E-state index contributed by atoms with van der Waals surface area (Å²) in [5, 5.41) is 5.09. The molecule has 1 amide bonds. The molecule has 0 radical (unpaired) electrons. The molecule has 27 heavy (non-hydrogen) atoms. The van der Waals surface area contributed by atoms with Crippen molar-refractivity contribution in [3.63, 3.8) is 0 Å². The minimum absolute atomic E-state index is 0.307. The van der Waals surface area contributed by atoms with Gasteiger partial charge in [-0.15, -0.1) is 0 Å². The third kappa shape index (κ3) is 4.03. The second kappa shape index (κ2) is 8.08. The summed E-state index contributed by atoms with van der Waals surface area (Å²) in [6.07, 6.45) is 1.72. The lowest BCUT2D eigenvalue weighted by Gasteiger charge is -2.15. The average Bonchev–Trinajstić information content (AvgIpc) is 3.03. The van der Waals surface area contributed by atoms with Crippen molar-refractivity contribution in [1.29, 1.82) is 0 Å². The van der Waals surface area contributed by atoms with Crippen LogP contribution in [0.25, 0.3) is 11.0 Å². The smallest absolute Gasteiger partial charge is 0.280 e. The molecular formula is C22H24N2O3. The molecule has 0 unspecified atom stereocenters. The first-order chi connectivity index (χ1) is 13.0. The number of hydrazone groups is 1. The molecule has 5 heteroatoms. The van der Waals surface area contributed by atoms with Gasteiger partial charge in [-0.2, -0.15) is 5.10 Å². The number of furan rings is 1. The summed E-state index contributed by atoms with van der Waals surface area (Å²) in [5.41, 5.74) is 6.40. The Hall–Kier alpha value is -3.08. The molecule has 1 atom stereocenters. The first-order valence-electron chi connectivity index (χ1n) is 9.07. The summed E-state index contributed by atoms with van der Waals surface area (Å²) in [5.74, 6) is 1.24. The van der Waals surface area contributed by atoms with Crippen LogP contribution in [0.1, 0.15) is 36.3 Å². The minimum atomic E-state index is -0.658. The summed E-state index contributed by atoms with van der Waals surface area (Å²) < 4.78 is 11.6. The van der Waals surface area contributed by atoms with Gasteiger partial charge in [0.15, 0.2) is 6.10 Å². The Labute approximate surface area is 159 Å². The van der Waals surface area contributed by atoms with Gasteiger partial charge in [-0.1, -0.05) is 37.3 Å². The zero-order valence-corrected chi connectivity index (χ0v) is 16.1. The molecule has 1 N–H and O–H groups in total. The summed E-state index contributed by atoms with van der Waals surface area (Å²) in [6.45, 7) is 7.71. The molecule has 0 saturated heterocycles. The number of aryl methyl sites for hydroxylation is 2. The molecule has 0 aliphatic carbocycles. The second-order valence-electron chi connectivity index (χ2n) is 6.48. The van der Waals surface area contributed by atoms with Crippen molar-refractivity contribution in [1.82, 2.24) is 5.43 Å². The van der Waals surface area contributed by atoms with Gasteiger partial charge in [-0.25, -0.2) is 5.43 Å². The van der Waals surface area contributed by atoms with E-state index in [2.05, 4.69) is 10.5 Å². The van der Waals surface area contributed by atoms with Gasteiger partial charge in [0.25, 0.3) is 5.91 Å². The van der Waals surface area contributed by atoms with Gasteiger partial charge in [0, 0.05) is 17.4 Å². The van der Waals surface area contributed by atoms with E-state index in [1.807, 2.05) is 63.2 Å². The van der Waals surface area contributed by atoms with Crippen LogP contribution < -0.4 is 10.2 Å². The predicted octanol–water partition coefficient (Wildman–Crippen LogP) is 4.53. The van der Waals surface area contributed by atoms with Gasteiger partial charge in [-0.05, 0) is 44.0 Å². The van der Waals surface area contributed by atoms with Crippen molar-refractivity contribution in [2.75, 3.05) is 0 Å². The van der Waals surface area contributed by atoms with Crippen molar-refractivity contribution in [3.8, 4) is 5.75 Å². The van der Waals surface area contributed by atoms with Crippen molar-refractivity contribution in [2.24, 2.45) is 5.10 Å². The van der Waals surface area contributed by atoms with E-state index in [0.29, 0.717) is 5.75 Å². The monoisotopic (exact) mass is 364 g/mol. The number of carbonyl (C=O) groups excluding carboxylic acids is 1. The normalized spacial score (nSPS) is 12.4. The second-order valence-corrected chi connectivity index (χ2v) is 6.48. The Balaban J connectivity index is 1.69. The first-order valence-corrected chi connectivity index (χ1v) is 9.07. The van der Waals surface area contributed by atoms with Gasteiger partial charge < -0.3 is 9.15 Å². The van der Waals surface area contributed by atoms with E-state index < -0.39 is 6.10 Å². The number of carbonyl (C=O) groups is 1. The number of amides is 1. The Morgan fingerprint density at radius 2 is 2.00 bits per heavy atom. The summed E-state index contributed by atoms with van der Waals surface area (Å²) in [4.78, 5) is 12.3. The van der Waals surface area contributed by atoms with E-state index in [1.165, 1.54) is 0 Å². The fourth-order valence-electron chi connectivity index (χ4n) is 2.87. The number of hydrogen-bond acceptors (Lipinski definition) is 4. The Bertz CT molecular complexity index is 988. The molecule has 1 aromatic heterocycles. The number of ether oxygens (including phenoxy) is 1. The van der Waals surface area contributed by atoms with E-state index in [9.17, 15) is 4.79 Å². The number of fused-ring (bicyclic) bond motifs is 1. The molecule has 0 aliphatic heterocycles. The maximum absolute atomic E-state index is 12.3. The number of hydrogen-bond donors (Lipinski definition) is 1. The van der Waals surface area contributed by atoms with Gasteiger partial charge in [0.1, 0.15) is 17.1 Å². The average molecular weight is 364 g/mol. The molecule has 0 saturated carbocycles. The van der Waals surface area contributed by atoms with E-state index in [1.54, 1.807) is 13.1 Å². The quantitative estimate of drug-likeness (QED) is 0.516. The highest BCUT2D eigenvalue weighted by atomic mass is 16.5. The molecule has 0 aliphatic rings. The SMILES string of the molecule is CCc1oc2ccccc2c1/C=N\NC(=O)[C@@H](C)Oc1cccc(C)c1C. The van der Waals surface area contributed by atoms with Crippen LogP contribution in [0, 0.1) is 13.8 Å². The van der Waals surface area contributed by atoms with Gasteiger partial charge in [-0.3, -0.25) is 4.79 Å². The fraction of sp³-hybridized carbons (Fsp3) is 0.273. The van der Waals surface area contributed by atoms with E-state index >= 15 is 0 Å². The van der Waals surface area contributed by atoms with Crippen molar-refractivity contribution in [3.05, 3.63) is 64.9 Å². The highest BCUT2D eigenvalue weighted by Crippen LogP contribution is 2.25. The minimum Gasteiger partial charge on any atom is -0.481 e. The van der Waals surface area contributed by atoms with Crippen LogP contribution in [0.4, 0.5) is 0 Å². The largest absolute Gasteiger partial charge is 0.481 e. The van der Waals surface area contributed by atoms with Gasteiger partial charge in [0.05, 0.1) is 6.21 Å². The fourth-order valence-corrected chi connectivity index (χ4v) is 2.87. The molecule has 3 rings (SSSR count). The first kappa shape index (κ1) is 18.7. The summed E-state index contributed by atoms with van der Waals surface area (Å²) in [6, 6.07) is 13.6. The third-order valence-electron chi connectivity index (χ3n) is 4.63. The Morgan fingerprint density at radius 1 is 1.22 bits per heavy atom. The van der Waals surface area contributed by atoms with Crippen LogP contribution in [0.15, 0.2) is 52.0 Å². The molecule has 3 aromatic rings. The molecular weight excluding hydrogens is 340 g/mol. The van der Waals surface area contributed by atoms with Crippen LogP contribution in [0.2, 0.25) is 0 Å². The maximum atomic E-state index is 12.3. The van der Waals surface area contributed by atoms with Crippen LogP contribution in [0.5, 0.6) is 5.75 Å². The number of rotatable bonds is 6. The standard InChI is InChI=1S/C22H24N2O3/c1-5-19-18(17-10-6-7-11-21(17)27-19)13-23-24-22(25)16(4)26-20-12-8-9-14(2)15(20)3/h6-13,16H,5H2,1-4H3,(H,24,25)/b23-13-/t16-/m1/s1. The van der Waals surface area contributed by atoms with Gasteiger partial charge in [0.2, 0.25) is 0 Å². The zero-order chi connectivity index (χ0) is 19.4. The number of nitrogens with zero attached hydrogens (tertiary/aromatic N) is 1. The number of nitrogens with one attached hydrogen (secondary N) is 1. The molecule has 2 aromatic carbocycles. The highest BCUT2D eigenvalue weighted by molar-refractivity contribution is 5.99. The van der Waals surface area contributed by atoms with E-state index in [4.69, 9.17) is 9.15 Å². The number of benzene rings is 2. The molecule has 140 valence electrons. The molecule has 0 bridgehead atoms. The maximum Gasteiger partial charge on any atom is 0.280 e. The van der Waals surface area contributed by atoms with Crippen molar-refractivity contribution >= 4 is 23.1 Å². The lowest BCUT2D eigenvalue weighted by Crippen LogP contribution is -2.33. The molecule has 1 heterocycles. The van der Waals surface area contributed by atoms with Crippen molar-refractivity contribution in [2.45, 2.75) is 40.2 Å². The van der Waals surface area contributed by atoms with Crippen LogP contribution >= 0.6 is 0 Å². The Kier molecular flexibility index (Phi) is 5.60. The number of para-hydroxylation sites is 1. The lowest BCUT2D eigenvalue weighted by atomic mass is 10.1. The van der Waals surface area contributed by atoms with E-state index in [-0.39, 0.29) is 5.91 Å². The van der Waals surface area contributed by atoms with Crippen LogP contribution in [-0.2, 0) is 11.2 Å².